The molecule has 0 amide bonds. The van der Waals surface area contributed by atoms with Crippen molar-refractivity contribution in [3.63, 3.8) is 0 Å². The number of esters is 1. The Hall–Kier alpha value is -4.00. The molecule has 0 radical (unpaired) electrons. The van der Waals surface area contributed by atoms with Gasteiger partial charge >= 0.3 is 5.97 Å². The van der Waals surface area contributed by atoms with Crippen LogP contribution in [-0.4, -0.2) is 18.5 Å². The van der Waals surface area contributed by atoms with E-state index in [9.17, 15) is 13.6 Å². The van der Waals surface area contributed by atoms with Crippen molar-refractivity contribution >= 4 is 17.9 Å². The summed E-state index contributed by atoms with van der Waals surface area (Å²) in [6, 6.07) is 16.9. The molecule has 1 heterocycles. The predicted octanol–water partition coefficient (Wildman–Crippen LogP) is 5.29. The Morgan fingerprint density at radius 1 is 0.938 bits per heavy atom. The molecule has 0 atom stereocenters. The van der Waals surface area contributed by atoms with Crippen LogP contribution in [0.3, 0.4) is 0 Å². The van der Waals surface area contributed by atoms with Gasteiger partial charge < -0.3 is 14.2 Å². The molecule has 0 saturated heterocycles. The molecule has 4 rings (SSSR count). The summed E-state index contributed by atoms with van der Waals surface area (Å²) in [4.78, 5) is 16.4. The minimum Gasteiger partial charge on any atom is -0.490 e. The van der Waals surface area contributed by atoms with Gasteiger partial charge in [0.1, 0.15) is 18.2 Å². The van der Waals surface area contributed by atoms with Gasteiger partial charge in [-0.15, -0.1) is 0 Å². The van der Waals surface area contributed by atoms with Crippen LogP contribution in [0.15, 0.2) is 77.4 Å². The molecule has 3 aromatic rings. The van der Waals surface area contributed by atoms with Crippen LogP contribution in [-0.2, 0) is 16.1 Å². The van der Waals surface area contributed by atoms with Gasteiger partial charge in [-0.05, 0) is 66.6 Å². The normalized spacial score (nSPS) is 14.3. The molecule has 5 nitrogen and oxygen atoms in total. The highest BCUT2D eigenvalue weighted by molar-refractivity contribution is 6.12. The summed E-state index contributed by atoms with van der Waals surface area (Å²) >= 11 is 0. The molecular formula is C25H19F2NO4. The molecule has 1 aliphatic rings. The van der Waals surface area contributed by atoms with Crippen molar-refractivity contribution in [2.24, 2.45) is 4.99 Å². The Balaban J connectivity index is 1.55. The molecule has 7 heteroatoms. The Morgan fingerprint density at radius 3 is 2.50 bits per heavy atom. The number of rotatable bonds is 7. The molecule has 0 aliphatic carbocycles. The van der Waals surface area contributed by atoms with Crippen molar-refractivity contribution in [3.05, 3.63) is 101 Å². The smallest absolute Gasteiger partial charge is 0.363 e. The van der Waals surface area contributed by atoms with E-state index in [2.05, 4.69) is 4.99 Å². The first-order valence-electron chi connectivity index (χ1n) is 9.94. The minimum absolute atomic E-state index is 0.0463. The molecule has 0 saturated carbocycles. The summed E-state index contributed by atoms with van der Waals surface area (Å²) in [5.41, 5.74) is 1.93. The maximum absolute atomic E-state index is 13.5. The fraction of sp³-hybridized carbons (Fsp3) is 0.120. The van der Waals surface area contributed by atoms with Crippen LogP contribution < -0.4 is 9.47 Å². The molecular weight excluding hydrogens is 416 g/mol. The summed E-state index contributed by atoms with van der Waals surface area (Å²) in [6.45, 7) is 2.50. The first-order valence-corrected chi connectivity index (χ1v) is 9.94. The average Bonchev–Trinajstić information content (AvgIpc) is 3.15. The van der Waals surface area contributed by atoms with Crippen LogP contribution in [0.1, 0.15) is 23.6 Å². The van der Waals surface area contributed by atoms with Crippen LogP contribution in [0.2, 0.25) is 0 Å². The second kappa shape index (κ2) is 9.43. The second-order valence-electron chi connectivity index (χ2n) is 6.90. The molecule has 0 unspecified atom stereocenters. The highest BCUT2D eigenvalue weighted by atomic mass is 19.1. The highest BCUT2D eigenvalue weighted by Crippen LogP contribution is 2.31. The quantitative estimate of drug-likeness (QED) is 0.374. The van der Waals surface area contributed by atoms with E-state index in [1.807, 2.05) is 6.92 Å². The fourth-order valence-electron chi connectivity index (χ4n) is 3.06. The van der Waals surface area contributed by atoms with Gasteiger partial charge in [0.15, 0.2) is 17.2 Å². The number of ether oxygens (including phenoxy) is 3. The van der Waals surface area contributed by atoms with Gasteiger partial charge in [-0.2, -0.15) is 0 Å². The zero-order valence-electron chi connectivity index (χ0n) is 17.2. The van der Waals surface area contributed by atoms with Gasteiger partial charge in [0.05, 0.1) is 6.61 Å². The van der Waals surface area contributed by atoms with Crippen LogP contribution in [0, 0.1) is 11.6 Å². The Labute approximate surface area is 183 Å². The molecule has 32 heavy (non-hydrogen) atoms. The molecule has 0 spiro atoms. The van der Waals surface area contributed by atoms with Gasteiger partial charge in [0, 0.05) is 5.56 Å². The summed E-state index contributed by atoms with van der Waals surface area (Å²) in [5, 5.41) is 0. The first kappa shape index (κ1) is 21.2. The summed E-state index contributed by atoms with van der Waals surface area (Å²) < 4.78 is 43.2. The summed E-state index contributed by atoms with van der Waals surface area (Å²) in [7, 11) is 0. The third-order valence-corrected chi connectivity index (χ3v) is 4.57. The summed E-state index contributed by atoms with van der Waals surface area (Å²) in [6.07, 6.45) is 1.56. The summed E-state index contributed by atoms with van der Waals surface area (Å²) in [5.74, 6) is -0.337. The number of cyclic esters (lactones) is 1. The van der Waals surface area contributed by atoms with E-state index in [0.717, 1.165) is 5.56 Å². The lowest BCUT2D eigenvalue weighted by molar-refractivity contribution is -0.129. The number of carbonyl (C=O) groups excluding carboxylic acids is 1. The number of hydrogen-bond donors (Lipinski definition) is 0. The van der Waals surface area contributed by atoms with Gasteiger partial charge in [-0.3, -0.25) is 0 Å². The molecule has 0 aromatic heterocycles. The Morgan fingerprint density at radius 2 is 1.75 bits per heavy atom. The molecule has 0 fully saturated rings. The second-order valence-corrected chi connectivity index (χ2v) is 6.90. The number of benzene rings is 3. The van der Waals surface area contributed by atoms with Crippen LogP contribution in [0.4, 0.5) is 8.78 Å². The van der Waals surface area contributed by atoms with Crippen LogP contribution in [0.25, 0.3) is 6.08 Å². The Kier molecular flexibility index (Phi) is 6.26. The lowest BCUT2D eigenvalue weighted by Crippen LogP contribution is -2.05. The monoisotopic (exact) mass is 435 g/mol. The third-order valence-electron chi connectivity index (χ3n) is 4.57. The standard InChI is InChI=1S/C25H19F2NO4/c1-2-30-23-13-17(8-11-22(23)31-15-16-6-9-19(26)10-7-16)12-21-25(29)32-24(28-21)18-4-3-5-20(27)14-18/h3-14H,2,15H2,1H3. The largest absolute Gasteiger partial charge is 0.490 e. The predicted molar refractivity (Wildman–Crippen MR) is 115 cm³/mol. The number of nitrogens with zero attached hydrogens (tertiary/aromatic N) is 1. The number of hydrogen-bond acceptors (Lipinski definition) is 5. The van der Waals surface area contributed by atoms with E-state index >= 15 is 0 Å². The van der Waals surface area contributed by atoms with E-state index in [4.69, 9.17) is 14.2 Å². The lowest BCUT2D eigenvalue weighted by Gasteiger charge is -2.13. The number of aliphatic imine (C=N–C) groups is 1. The van der Waals surface area contributed by atoms with E-state index in [1.54, 1.807) is 42.5 Å². The molecule has 0 bridgehead atoms. The molecule has 162 valence electrons. The molecule has 1 aliphatic heterocycles. The van der Waals surface area contributed by atoms with Crippen molar-refractivity contribution in [2.75, 3.05) is 6.61 Å². The fourth-order valence-corrected chi connectivity index (χ4v) is 3.06. The van der Waals surface area contributed by atoms with E-state index in [0.29, 0.717) is 29.2 Å². The topological polar surface area (TPSA) is 57.1 Å². The zero-order valence-corrected chi connectivity index (χ0v) is 17.2. The van der Waals surface area contributed by atoms with Crippen molar-refractivity contribution in [3.8, 4) is 11.5 Å². The van der Waals surface area contributed by atoms with Crippen molar-refractivity contribution < 1.29 is 27.8 Å². The van der Waals surface area contributed by atoms with Crippen LogP contribution >= 0.6 is 0 Å². The van der Waals surface area contributed by atoms with Crippen molar-refractivity contribution in [1.29, 1.82) is 0 Å². The Bertz CT molecular complexity index is 1200. The lowest BCUT2D eigenvalue weighted by atomic mass is 10.1. The van der Waals surface area contributed by atoms with E-state index < -0.39 is 11.8 Å². The van der Waals surface area contributed by atoms with E-state index in [-0.39, 0.29) is 24.0 Å². The van der Waals surface area contributed by atoms with Gasteiger partial charge in [0.25, 0.3) is 0 Å². The maximum atomic E-state index is 13.5. The number of halogens is 2. The van der Waals surface area contributed by atoms with Gasteiger partial charge in [-0.25, -0.2) is 18.6 Å². The number of carbonyl (C=O) groups is 1. The van der Waals surface area contributed by atoms with Crippen LogP contribution in [0.5, 0.6) is 11.5 Å². The average molecular weight is 435 g/mol. The molecule has 0 N–H and O–H groups in total. The third kappa shape index (κ3) is 5.00. The zero-order chi connectivity index (χ0) is 22.5. The van der Waals surface area contributed by atoms with Gasteiger partial charge in [0.2, 0.25) is 5.90 Å². The van der Waals surface area contributed by atoms with E-state index in [1.165, 1.54) is 30.3 Å². The van der Waals surface area contributed by atoms with Crippen molar-refractivity contribution in [2.45, 2.75) is 13.5 Å². The highest BCUT2D eigenvalue weighted by Gasteiger charge is 2.24. The minimum atomic E-state index is -0.626. The molecule has 3 aromatic carbocycles. The maximum Gasteiger partial charge on any atom is 0.363 e. The van der Waals surface area contributed by atoms with Gasteiger partial charge in [-0.1, -0.05) is 24.3 Å². The van der Waals surface area contributed by atoms with Crippen molar-refractivity contribution in [1.82, 2.24) is 0 Å². The first-order chi connectivity index (χ1) is 15.5. The SMILES string of the molecule is CCOc1cc(C=C2N=C(c3cccc(F)c3)OC2=O)ccc1OCc1ccc(F)cc1.